The highest BCUT2D eigenvalue weighted by atomic mass is 19.4. The average Bonchev–Trinajstić information content (AvgIpc) is 2.97. The van der Waals surface area contributed by atoms with E-state index in [4.69, 9.17) is 0 Å². The first kappa shape index (κ1) is 16.5. The quantitative estimate of drug-likeness (QED) is 0.837. The standard InChI is InChI=1S/C17H18F3N3O/c1-22-14(11-15(21-22)17(18,19)20)12-5-7-13(8-6-12)16(24)23-9-3-2-4-10-23/h5-8,11H,2-4,9-10H2,1H3. The third-order valence-corrected chi connectivity index (χ3v) is 4.24. The van der Waals surface area contributed by atoms with E-state index in [0.29, 0.717) is 16.8 Å². The maximum atomic E-state index is 12.7. The van der Waals surface area contributed by atoms with E-state index in [1.165, 1.54) is 11.7 Å². The summed E-state index contributed by atoms with van der Waals surface area (Å²) in [5.41, 5.74) is 0.585. The molecule has 7 heteroatoms. The Balaban J connectivity index is 1.82. The second-order valence-electron chi connectivity index (χ2n) is 5.97. The van der Waals surface area contributed by atoms with E-state index in [1.54, 1.807) is 24.3 Å². The number of alkyl halides is 3. The van der Waals surface area contributed by atoms with Crippen LogP contribution in [0, 0.1) is 0 Å². The van der Waals surface area contributed by atoms with E-state index in [0.717, 1.165) is 38.4 Å². The predicted octanol–water partition coefficient (Wildman–Crippen LogP) is 3.73. The lowest BCUT2D eigenvalue weighted by atomic mass is 10.1. The molecule has 0 spiro atoms. The van der Waals surface area contributed by atoms with Crippen LogP contribution in [0.4, 0.5) is 13.2 Å². The summed E-state index contributed by atoms with van der Waals surface area (Å²) in [7, 11) is 1.47. The summed E-state index contributed by atoms with van der Waals surface area (Å²) in [5, 5.41) is 3.51. The maximum Gasteiger partial charge on any atom is 0.435 e. The second kappa shape index (κ2) is 6.30. The fourth-order valence-corrected chi connectivity index (χ4v) is 2.94. The molecule has 24 heavy (non-hydrogen) atoms. The van der Waals surface area contributed by atoms with Crippen molar-refractivity contribution in [3.63, 3.8) is 0 Å². The first-order valence-electron chi connectivity index (χ1n) is 7.87. The average molecular weight is 337 g/mol. The van der Waals surface area contributed by atoms with Crippen LogP contribution in [0.3, 0.4) is 0 Å². The Morgan fingerprint density at radius 3 is 2.25 bits per heavy atom. The molecule has 0 atom stereocenters. The summed E-state index contributed by atoms with van der Waals surface area (Å²) in [6, 6.07) is 7.66. The van der Waals surface area contributed by atoms with Gasteiger partial charge in [0.25, 0.3) is 5.91 Å². The number of hydrogen-bond acceptors (Lipinski definition) is 2. The van der Waals surface area contributed by atoms with E-state index < -0.39 is 11.9 Å². The summed E-state index contributed by atoms with van der Waals surface area (Å²) in [6.07, 6.45) is -1.30. The molecule has 1 aromatic carbocycles. The molecule has 2 aromatic rings. The zero-order valence-corrected chi connectivity index (χ0v) is 13.3. The van der Waals surface area contributed by atoms with Gasteiger partial charge in [-0.05, 0) is 43.0 Å². The molecule has 0 N–H and O–H groups in total. The number of aromatic nitrogens is 2. The highest BCUT2D eigenvalue weighted by molar-refractivity contribution is 5.94. The van der Waals surface area contributed by atoms with Crippen LogP contribution in [0.25, 0.3) is 11.3 Å². The number of likely N-dealkylation sites (tertiary alicyclic amines) is 1. The Morgan fingerprint density at radius 1 is 1.08 bits per heavy atom. The normalized spacial score (nSPS) is 15.6. The Kier molecular flexibility index (Phi) is 4.34. The molecule has 3 rings (SSSR count). The number of halogens is 3. The third-order valence-electron chi connectivity index (χ3n) is 4.24. The topological polar surface area (TPSA) is 38.1 Å². The molecule has 1 amide bonds. The van der Waals surface area contributed by atoms with Crippen molar-refractivity contribution in [2.45, 2.75) is 25.4 Å². The lowest BCUT2D eigenvalue weighted by molar-refractivity contribution is -0.141. The van der Waals surface area contributed by atoms with E-state index >= 15 is 0 Å². The van der Waals surface area contributed by atoms with Gasteiger partial charge in [0, 0.05) is 25.7 Å². The minimum Gasteiger partial charge on any atom is -0.339 e. The van der Waals surface area contributed by atoms with Gasteiger partial charge in [-0.15, -0.1) is 0 Å². The van der Waals surface area contributed by atoms with Crippen molar-refractivity contribution in [2.24, 2.45) is 7.05 Å². The van der Waals surface area contributed by atoms with Gasteiger partial charge in [-0.25, -0.2) is 0 Å². The molecule has 0 saturated carbocycles. The van der Waals surface area contributed by atoms with Gasteiger partial charge in [0.2, 0.25) is 0 Å². The monoisotopic (exact) mass is 337 g/mol. The number of piperidine rings is 1. The summed E-state index contributed by atoms with van der Waals surface area (Å²) in [5.74, 6) is -0.0257. The zero-order chi connectivity index (χ0) is 17.3. The van der Waals surface area contributed by atoms with Gasteiger partial charge >= 0.3 is 6.18 Å². The van der Waals surface area contributed by atoms with Gasteiger partial charge in [-0.3, -0.25) is 9.48 Å². The van der Waals surface area contributed by atoms with Crippen molar-refractivity contribution in [3.05, 3.63) is 41.6 Å². The van der Waals surface area contributed by atoms with Gasteiger partial charge in [0.05, 0.1) is 5.69 Å². The molecular formula is C17H18F3N3O. The number of amides is 1. The fourth-order valence-electron chi connectivity index (χ4n) is 2.94. The minimum absolute atomic E-state index is 0.0257. The van der Waals surface area contributed by atoms with Gasteiger partial charge in [0.15, 0.2) is 5.69 Å². The molecule has 1 aromatic heterocycles. The van der Waals surface area contributed by atoms with Gasteiger partial charge < -0.3 is 4.90 Å². The number of rotatable bonds is 2. The van der Waals surface area contributed by atoms with Crippen LogP contribution in [0.15, 0.2) is 30.3 Å². The van der Waals surface area contributed by atoms with Gasteiger partial charge in [0.1, 0.15) is 0 Å². The van der Waals surface area contributed by atoms with Crippen LogP contribution < -0.4 is 0 Å². The van der Waals surface area contributed by atoms with Gasteiger partial charge in [-0.2, -0.15) is 18.3 Å². The van der Waals surface area contributed by atoms with Crippen LogP contribution in [-0.4, -0.2) is 33.7 Å². The van der Waals surface area contributed by atoms with E-state index in [9.17, 15) is 18.0 Å². The van der Waals surface area contributed by atoms with Crippen LogP contribution in [-0.2, 0) is 13.2 Å². The SMILES string of the molecule is Cn1nc(C(F)(F)F)cc1-c1ccc(C(=O)N2CCCCC2)cc1. The Hall–Kier alpha value is -2.31. The number of aryl methyl sites for hydroxylation is 1. The smallest absolute Gasteiger partial charge is 0.339 e. The van der Waals surface area contributed by atoms with Crippen LogP contribution in [0.2, 0.25) is 0 Å². The van der Waals surface area contributed by atoms with Crippen LogP contribution in [0.1, 0.15) is 35.3 Å². The van der Waals surface area contributed by atoms with Crippen molar-refractivity contribution in [1.29, 1.82) is 0 Å². The zero-order valence-electron chi connectivity index (χ0n) is 13.3. The number of carbonyl (C=O) groups excluding carboxylic acids is 1. The molecule has 0 bridgehead atoms. The van der Waals surface area contributed by atoms with E-state index in [2.05, 4.69) is 5.10 Å². The first-order valence-corrected chi connectivity index (χ1v) is 7.87. The van der Waals surface area contributed by atoms with Crippen molar-refractivity contribution in [3.8, 4) is 11.3 Å². The minimum atomic E-state index is -4.47. The lowest BCUT2D eigenvalue weighted by Gasteiger charge is -2.26. The van der Waals surface area contributed by atoms with Crippen molar-refractivity contribution < 1.29 is 18.0 Å². The molecule has 0 unspecified atom stereocenters. The van der Waals surface area contributed by atoms with Crippen molar-refractivity contribution in [2.75, 3.05) is 13.1 Å². The summed E-state index contributed by atoms with van der Waals surface area (Å²) < 4.78 is 39.4. The van der Waals surface area contributed by atoms with E-state index in [1.807, 2.05) is 4.90 Å². The second-order valence-corrected chi connectivity index (χ2v) is 5.97. The van der Waals surface area contributed by atoms with Crippen LogP contribution in [0.5, 0.6) is 0 Å². The Labute approximate surface area is 137 Å². The van der Waals surface area contributed by atoms with Gasteiger partial charge in [-0.1, -0.05) is 12.1 Å². The van der Waals surface area contributed by atoms with Crippen LogP contribution >= 0.6 is 0 Å². The third kappa shape index (κ3) is 3.29. The predicted molar refractivity (Wildman–Crippen MR) is 83.4 cm³/mol. The summed E-state index contributed by atoms with van der Waals surface area (Å²) >= 11 is 0. The van der Waals surface area contributed by atoms with Crippen molar-refractivity contribution in [1.82, 2.24) is 14.7 Å². The first-order chi connectivity index (χ1) is 11.4. The number of benzene rings is 1. The molecule has 1 fully saturated rings. The lowest BCUT2D eigenvalue weighted by Crippen LogP contribution is -2.35. The highest BCUT2D eigenvalue weighted by Gasteiger charge is 2.34. The number of carbonyl (C=O) groups is 1. The molecular weight excluding hydrogens is 319 g/mol. The number of hydrogen-bond donors (Lipinski definition) is 0. The maximum absolute atomic E-state index is 12.7. The Morgan fingerprint density at radius 2 is 1.71 bits per heavy atom. The fraction of sp³-hybridized carbons (Fsp3) is 0.412. The van der Waals surface area contributed by atoms with E-state index in [-0.39, 0.29) is 5.91 Å². The Bertz CT molecular complexity index is 729. The molecule has 128 valence electrons. The largest absolute Gasteiger partial charge is 0.435 e. The van der Waals surface area contributed by atoms with Crippen molar-refractivity contribution >= 4 is 5.91 Å². The molecule has 4 nitrogen and oxygen atoms in total. The highest BCUT2D eigenvalue weighted by Crippen LogP contribution is 2.31. The molecule has 1 aliphatic rings. The number of nitrogens with zero attached hydrogens (tertiary/aromatic N) is 3. The molecule has 1 aliphatic heterocycles. The summed E-state index contributed by atoms with van der Waals surface area (Å²) in [6.45, 7) is 1.52. The molecule has 1 saturated heterocycles. The summed E-state index contributed by atoms with van der Waals surface area (Å²) in [4.78, 5) is 14.2. The molecule has 0 aliphatic carbocycles. The molecule has 2 heterocycles. The molecule has 0 radical (unpaired) electrons.